The molecule has 0 fully saturated rings. The van der Waals surface area contributed by atoms with E-state index < -0.39 is 5.97 Å². The fourth-order valence-electron chi connectivity index (χ4n) is 1.86. The molecule has 21 heavy (non-hydrogen) atoms. The van der Waals surface area contributed by atoms with Gasteiger partial charge in [-0.25, -0.2) is 4.79 Å². The number of carboxylic acid groups (broad SMARTS) is 1. The lowest BCUT2D eigenvalue weighted by atomic mass is 10.2. The van der Waals surface area contributed by atoms with Crippen molar-refractivity contribution in [2.45, 2.75) is 19.9 Å². The van der Waals surface area contributed by atoms with E-state index in [1.165, 1.54) is 6.08 Å². The molecule has 0 atom stereocenters. The van der Waals surface area contributed by atoms with Crippen LogP contribution in [0.2, 0.25) is 0 Å². The Kier molecular flexibility index (Phi) is 5.15. The number of carboxylic acids is 1. The quantitative estimate of drug-likeness (QED) is 0.795. The zero-order chi connectivity index (χ0) is 15.1. The van der Waals surface area contributed by atoms with E-state index in [0.29, 0.717) is 24.7 Å². The molecule has 1 heterocycles. The molecular formula is C16H18N2O3. The summed E-state index contributed by atoms with van der Waals surface area (Å²) in [5, 5.41) is 13.1. The Morgan fingerprint density at radius 1 is 1.38 bits per heavy atom. The van der Waals surface area contributed by atoms with E-state index >= 15 is 0 Å². The highest BCUT2D eigenvalue weighted by atomic mass is 16.5. The Morgan fingerprint density at radius 3 is 2.81 bits per heavy atom. The summed E-state index contributed by atoms with van der Waals surface area (Å²) in [6.07, 6.45) is 3.52. The monoisotopic (exact) mass is 286 g/mol. The van der Waals surface area contributed by atoms with Gasteiger partial charge in [0.2, 0.25) is 5.88 Å². The summed E-state index contributed by atoms with van der Waals surface area (Å²) in [7, 11) is 0. The molecule has 0 amide bonds. The molecule has 1 aromatic carbocycles. The number of aliphatic carboxylic acids is 1. The predicted octanol–water partition coefficient (Wildman–Crippen LogP) is 2.82. The minimum absolute atomic E-state index is 0.512. The normalized spacial score (nSPS) is 10.9. The van der Waals surface area contributed by atoms with Crippen LogP contribution in [0.4, 0.5) is 0 Å². The molecule has 2 rings (SSSR count). The highest BCUT2D eigenvalue weighted by Gasteiger charge is 2.07. The van der Waals surface area contributed by atoms with E-state index in [1.807, 2.05) is 37.3 Å². The van der Waals surface area contributed by atoms with Crippen molar-refractivity contribution in [2.75, 3.05) is 6.61 Å². The second-order valence-corrected chi connectivity index (χ2v) is 4.57. The van der Waals surface area contributed by atoms with Crippen LogP contribution in [-0.4, -0.2) is 27.5 Å². The number of hydrogen-bond acceptors (Lipinski definition) is 3. The summed E-state index contributed by atoms with van der Waals surface area (Å²) in [4.78, 5) is 10.7. The van der Waals surface area contributed by atoms with Gasteiger partial charge in [-0.3, -0.25) is 4.68 Å². The van der Waals surface area contributed by atoms with Crippen molar-refractivity contribution in [3.63, 3.8) is 0 Å². The van der Waals surface area contributed by atoms with E-state index in [9.17, 15) is 4.79 Å². The van der Waals surface area contributed by atoms with Gasteiger partial charge < -0.3 is 9.84 Å². The Hall–Kier alpha value is -2.56. The molecule has 0 aliphatic carbocycles. The number of benzene rings is 1. The van der Waals surface area contributed by atoms with Crippen molar-refractivity contribution in [1.82, 2.24) is 9.78 Å². The summed E-state index contributed by atoms with van der Waals surface area (Å²) in [5.41, 5.74) is 1.79. The smallest absolute Gasteiger partial charge is 0.328 e. The predicted molar refractivity (Wildman–Crippen MR) is 80.2 cm³/mol. The minimum Gasteiger partial charge on any atom is -0.478 e. The SMILES string of the molecule is CCCOc1cc(C=CC(=O)O)n(Cc2ccccc2)n1. The highest BCUT2D eigenvalue weighted by molar-refractivity contribution is 5.84. The second-order valence-electron chi connectivity index (χ2n) is 4.57. The van der Waals surface area contributed by atoms with Crippen LogP contribution >= 0.6 is 0 Å². The van der Waals surface area contributed by atoms with Crippen molar-refractivity contribution in [1.29, 1.82) is 0 Å². The molecule has 0 radical (unpaired) electrons. The van der Waals surface area contributed by atoms with Crippen molar-refractivity contribution in [3.8, 4) is 5.88 Å². The Bertz CT molecular complexity index is 618. The number of ether oxygens (including phenoxy) is 1. The fraction of sp³-hybridized carbons (Fsp3) is 0.250. The first kappa shape index (κ1) is 14.8. The molecule has 1 aromatic heterocycles. The second kappa shape index (κ2) is 7.28. The van der Waals surface area contributed by atoms with Crippen molar-refractivity contribution in [2.24, 2.45) is 0 Å². The van der Waals surface area contributed by atoms with E-state index in [-0.39, 0.29) is 0 Å². The lowest BCUT2D eigenvalue weighted by Gasteiger charge is -2.04. The average Bonchev–Trinajstić information content (AvgIpc) is 2.86. The first-order valence-electron chi connectivity index (χ1n) is 6.84. The van der Waals surface area contributed by atoms with E-state index in [4.69, 9.17) is 9.84 Å². The van der Waals surface area contributed by atoms with E-state index in [0.717, 1.165) is 18.1 Å². The number of hydrogen-bond donors (Lipinski definition) is 1. The van der Waals surface area contributed by atoms with Crippen molar-refractivity contribution >= 4 is 12.0 Å². The number of carbonyl (C=O) groups is 1. The van der Waals surface area contributed by atoms with Gasteiger partial charge in [0.1, 0.15) is 0 Å². The largest absolute Gasteiger partial charge is 0.478 e. The van der Waals surface area contributed by atoms with Gasteiger partial charge >= 0.3 is 5.97 Å². The van der Waals surface area contributed by atoms with Crippen LogP contribution in [-0.2, 0) is 11.3 Å². The average molecular weight is 286 g/mol. The minimum atomic E-state index is -0.988. The van der Waals surface area contributed by atoms with Crippen LogP contribution in [0.25, 0.3) is 6.08 Å². The molecule has 0 aliphatic heterocycles. The van der Waals surface area contributed by atoms with Gasteiger partial charge in [0.05, 0.1) is 18.8 Å². The van der Waals surface area contributed by atoms with Crippen LogP contribution in [0, 0.1) is 0 Å². The lowest BCUT2D eigenvalue weighted by Crippen LogP contribution is -2.04. The molecule has 0 bridgehead atoms. The van der Waals surface area contributed by atoms with Crippen LogP contribution in [0.3, 0.4) is 0 Å². The Labute approximate surface area is 123 Å². The van der Waals surface area contributed by atoms with E-state index in [1.54, 1.807) is 10.7 Å². The number of rotatable bonds is 7. The Balaban J connectivity index is 2.23. The van der Waals surface area contributed by atoms with Gasteiger partial charge in [0.15, 0.2) is 0 Å². The summed E-state index contributed by atoms with van der Waals surface area (Å²) in [5.74, 6) is -0.476. The lowest BCUT2D eigenvalue weighted by molar-refractivity contribution is -0.131. The molecule has 5 heteroatoms. The molecule has 0 aliphatic rings. The van der Waals surface area contributed by atoms with Crippen LogP contribution in [0.1, 0.15) is 24.6 Å². The van der Waals surface area contributed by atoms with Gasteiger partial charge in [-0.2, -0.15) is 0 Å². The van der Waals surface area contributed by atoms with E-state index in [2.05, 4.69) is 5.10 Å². The van der Waals surface area contributed by atoms with Gasteiger partial charge in [0.25, 0.3) is 0 Å². The maximum atomic E-state index is 10.7. The topological polar surface area (TPSA) is 64.3 Å². The first-order chi connectivity index (χ1) is 10.2. The van der Waals surface area contributed by atoms with Crippen LogP contribution in [0.15, 0.2) is 42.5 Å². The molecule has 2 aromatic rings. The maximum Gasteiger partial charge on any atom is 0.328 e. The molecule has 0 saturated heterocycles. The zero-order valence-corrected chi connectivity index (χ0v) is 11.9. The summed E-state index contributed by atoms with van der Waals surface area (Å²) in [6.45, 7) is 3.17. The third-order valence-electron chi connectivity index (χ3n) is 2.81. The molecule has 0 saturated carbocycles. The molecule has 0 spiro atoms. The third-order valence-corrected chi connectivity index (χ3v) is 2.81. The van der Waals surface area contributed by atoms with Gasteiger partial charge in [0, 0.05) is 12.1 Å². The van der Waals surface area contributed by atoms with Crippen molar-refractivity contribution < 1.29 is 14.6 Å². The summed E-state index contributed by atoms with van der Waals surface area (Å²) < 4.78 is 7.24. The molecule has 110 valence electrons. The molecule has 0 unspecified atom stereocenters. The molecule has 1 N–H and O–H groups in total. The van der Waals surface area contributed by atoms with Crippen molar-refractivity contribution in [3.05, 3.63) is 53.7 Å². The summed E-state index contributed by atoms with van der Waals surface area (Å²) >= 11 is 0. The number of aromatic nitrogens is 2. The third kappa shape index (κ3) is 4.49. The summed E-state index contributed by atoms with van der Waals surface area (Å²) in [6, 6.07) is 11.6. The highest BCUT2D eigenvalue weighted by Crippen LogP contribution is 2.16. The molecule has 5 nitrogen and oxygen atoms in total. The fourth-order valence-corrected chi connectivity index (χ4v) is 1.86. The maximum absolute atomic E-state index is 10.7. The van der Waals surface area contributed by atoms with Crippen LogP contribution in [0.5, 0.6) is 5.88 Å². The van der Waals surface area contributed by atoms with Gasteiger partial charge in [-0.1, -0.05) is 37.3 Å². The van der Waals surface area contributed by atoms with Gasteiger partial charge in [-0.05, 0) is 18.1 Å². The Morgan fingerprint density at radius 2 is 2.14 bits per heavy atom. The van der Waals surface area contributed by atoms with Crippen LogP contribution < -0.4 is 4.74 Å². The standard InChI is InChI=1S/C16H18N2O3/c1-2-10-21-15-11-14(8-9-16(19)20)18(17-15)12-13-6-4-3-5-7-13/h3-9,11H,2,10,12H2,1H3,(H,19,20). The molecular weight excluding hydrogens is 268 g/mol. The zero-order valence-electron chi connectivity index (χ0n) is 11.9. The number of nitrogens with zero attached hydrogens (tertiary/aromatic N) is 2. The van der Waals surface area contributed by atoms with Gasteiger partial charge in [-0.15, -0.1) is 5.10 Å². The first-order valence-corrected chi connectivity index (χ1v) is 6.84.